The van der Waals surface area contributed by atoms with Crippen LogP contribution in [0.3, 0.4) is 0 Å². The van der Waals surface area contributed by atoms with Crippen LogP contribution < -0.4 is 14.2 Å². The predicted molar refractivity (Wildman–Crippen MR) is 488 cm³/mol. The van der Waals surface area contributed by atoms with E-state index < -0.39 is 5.92 Å². The smallest absolute Gasteiger partial charge is 0.309 e. The summed E-state index contributed by atoms with van der Waals surface area (Å²) < 4.78 is 27.6. The van der Waals surface area contributed by atoms with Gasteiger partial charge >= 0.3 is 17.9 Å². The molecule has 9 aromatic heterocycles. The highest BCUT2D eigenvalue weighted by molar-refractivity contribution is 6.31. The van der Waals surface area contributed by atoms with Gasteiger partial charge in [0.1, 0.15) is 24.9 Å². The summed E-state index contributed by atoms with van der Waals surface area (Å²) in [6.07, 6.45) is 11.2. The minimum atomic E-state index is -0.535. The lowest BCUT2D eigenvalue weighted by Gasteiger charge is -2.18. The Balaban J connectivity index is 0.000000144. The first kappa shape index (κ1) is 88.2. The van der Waals surface area contributed by atoms with Crippen molar-refractivity contribution in [2.45, 2.75) is 56.3 Å². The first-order valence-corrected chi connectivity index (χ1v) is 42.2. The molecule has 0 amide bonds. The Morgan fingerprint density at radius 2 is 0.672 bits per heavy atom. The van der Waals surface area contributed by atoms with Gasteiger partial charge < -0.3 is 34.2 Å². The fraction of sp³-hybridized carbons (Fsp3) is 0.121. The number of benzene rings is 9. The molecule has 650 valence electrons. The largest absolute Gasteiger partial charge is 0.618 e. The molecule has 0 N–H and O–H groups in total. The van der Waals surface area contributed by atoms with Crippen LogP contribution >= 0.6 is 34.8 Å². The van der Waals surface area contributed by atoms with Gasteiger partial charge in [0.05, 0.1) is 92.3 Å². The van der Waals surface area contributed by atoms with Crippen LogP contribution in [0.2, 0.25) is 15.1 Å². The zero-order valence-corrected chi connectivity index (χ0v) is 72.6. The molecule has 0 aliphatic heterocycles. The Kier molecular flexibility index (Phi) is 27.9. The van der Waals surface area contributed by atoms with Crippen molar-refractivity contribution in [1.29, 1.82) is 0 Å². The van der Waals surface area contributed by atoms with Gasteiger partial charge in [0.15, 0.2) is 18.6 Å². The molecule has 29 nitrogen and oxygen atoms in total. The van der Waals surface area contributed by atoms with E-state index in [-0.39, 0.29) is 49.0 Å². The Bertz CT molecular complexity index is 6700. The third kappa shape index (κ3) is 21.7. The average Bonchev–Trinajstić information content (AvgIpc) is 1.33. The highest BCUT2D eigenvalue weighted by atomic mass is 35.5. The summed E-state index contributed by atoms with van der Waals surface area (Å²) in [4.78, 5) is 45.0. The normalized spacial score (nSPS) is 11.7. The first-order valence-electron chi connectivity index (χ1n) is 41.1. The number of carbonyl (C=O) groups is 3. The van der Waals surface area contributed by atoms with Gasteiger partial charge in [-0.05, 0) is 193 Å². The van der Waals surface area contributed by atoms with E-state index in [1.54, 1.807) is 85.2 Å². The molecule has 0 spiro atoms. The quantitative estimate of drug-likeness (QED) is 0.0200. The lowest BCUT2D eigenvalue weighted by atomic mass is 9.91. The number of esters is 3. The lowest BCUT2D eigenvalue weighted by molar-refractivity contribution is -0.614. The van der Waals surface area contributed by atoms with Gasteiger partial charge in [-0.1, -0.05) is 199 Å². The summed E-state index contributed by atoms with van der Waals surface area (Å²) in [6.45, 7) is 0. The molecule has 0 fully saturated rings. The van der Waals surface area contributed by atoms with Gasteiger partial charge in [-0.3, -0.25) is 24.4 Å². The first-order chi connectivity index (χ1) is 63.9. The summed E-state index contributed by atoms with van der Waals surface area (Å²) in [7, 11) is 4.11. The van der Waals surface area contributed by atoms with Crippen LogP contribution in [0.5, 0.6) is 0 Å². The summed E-state index contributed by atoms with van der Waals surface area (Å²) >= 11 is 19.0. The third-order valence-corrected chi connectivity index (χ3v) is 22.5. The topological polar surface area (TPSA) is 355 Å². The maximum Gasteiger partial charge on any atom is 0.309 e. The van der Waals surface area contributed by atoms with Crippen LogP contribution in [0.25, 0.3) is 84.4 Å². The zero-order chi connectivity index (χ0) is 90.7. The van der Waals surface area contributed by atoms with Gasteiger partial charge in [-0.25, -0.2) is 0 Å². The Hall–Kier alpha value is -16.2. The maximum atomic E-state index is 13.8. The van der Waals surface area contributed by atoms with Crippen molar-refractivity contribution in [1.82, 2.24) is 80.8 Å². The summed E-state index contributed by atoms with van der Waals surface area (Å²) in [5.74, 6) is -1.51. The standard InChI is InChI=1S/2C34H27ClN6O3.C31H24ClN7O4/c2*1-44-34(42)19-24-10-12-25(13-11-24)30-8-5-9-31(37-30)29(18-23-6-3-2-4-7-23)33-16-14-26(21-41(33)43)28-20-27(35)15-17-32(28)40-22-36-38-39-40;1-42-29(40)16-21-7-9-22(10-8-21)30-34-35-31(43-30)26(15-20-5-3-2-4-6-20)28-13-11-23(18-39(28)41)25-17-24(32)12-14-27(25)38-19-33-36-37-38/h2*2-17,20-22,29H,18-19H2,1H3;2-14,17-19,26H,15-16H2,1H3. The molecule has 0 aliphatic rings. The molecule has 0 radical (unpaired) electrons. The number of ether oxygens (including phenoxy) is 3. The molecule has 131 heavy (non-hydrogen) atoms. The number of aromatic nitrogens is 19. The van der Waals surface area contributed by atoms with Crippen LogP contribution in [-0.2, 0) is 67.1 Å². The Morgan fingerprint density at radius 3 is 0.992 bits per heavy atom. The van der Waals surface area contributed by atoms with E-state index in [1.807, 2.05) is 218 Å². The second-order valence-corrected chi connectivity index (χ2v) is 31.5. The SMILES string of the molecule is COC(=O)Cc1ccc(-c2cccc(C(Cc3ccccc3)c3ccc(-c4cc(Cl)ccc4-n4cnnn4)c[n+]3[O-])n2)cc1.COC(=O)Cc1ccc(-c2cccc(C(Cc3ccccc3)c3ccc(-c4cc(Cl)ccc4-n4cnnn4)c[n+]3[O-])n2)cc1.COC(=O)Cc1ccc(-c2nnc(C(Cc3ccccc3)c3ccc(-c4cc(Cl)ccc4-n4cnnn4)c[n+]3[O-])o2)cc1. The van der Waals surface area contributed by atoms with Crippen LogP contribution in [-0.4, -0.2) is 120 Å². The summed E-state index contributed by atoms with van der Waals surface area (Å²) in [6, 6.07) is 91.2. The van der Waals surface area contributed by atoms with Gasteiger partial charge in [0.2, 0.25) is 28.9 Å². The van der Waals surface area contributed by atoms with E-state index in [0.717, 1.165) is 92.6 Å². The molecule has 3 atom stereocenters. The number of pyridine rings is 5. The number of methoxy groups -OCH3 is 3. The molecule has 0 bridgehead atoms. The molecular weight excluding hydrogens is 1720 g/mol. The van der Waals surface area contributed by atoms with Gasteiger partial charge in [0.25, 0.3) is 0 Å². The molecule has 0 saturated heterocycles. The fourth-order valence-electron chi connectivity index (χ4n) is 15.2. The van der Waals surface area contributed by atoms with Gasteiger partial charge in [0, 0.05) is 83.3 Å². The molecule has 18 aromatic rings. The summed E-state index contributed by atoms with van der Waals surface area (Å²) in [5.41, 5.74) is 18.9. The van der Waals surface area contributed by atoms with E-state index in [2.05, 4.69) is 56.8 Å². The number of halogens is 3. The van der Waals surface area contributed by atoms with E-state index in [4.69, 9.17) is 63.4 Å². The maximum absolute atomic E-state index is 13.8. The molecular formula is C99H78Cl3N19O10. The average molecular weight is 1800 g/mol. The second-order valence-electron chi connectivity index (χ2n) is 30.2. The molecule has 0 saturated carbocycles. The van der Waals surface area contributed by atoms with Crippen molar-refractivity contribution < 1.29 is 47.2 Å². The van der Waals surface area contributed by atoms with Crippen molar-refractivity contribution in [2.75, 3.05) is 21.3 Å². The van der Waals surface area contributed by atoms with Crippen molar-refractivity contribution >= 4 is 52.7 Å². The predicted octanol–water partition coefficient (Wildman–Crippen LogP) is 16.3. The van der Waals surface area contributed by atoms with E-state index >= 15 is 0 Å². The number of rotatable bonds is 27. The third-order valence-electron chi connectivity index (χ3n) is 21.8. The number of hydrogen-bond acceptors (Lipinski definition) is 23. The van der Waals surface area contributed by atoms with E-state index in [9.17, 15) is 30.0 Å². The number of tetrazole rings is 3. The minimum Gasteiger partial charge on any atom is -0.618 e. The Labute approximate surface area is 765 Å². The monoisotopic (exact) mass is 1800 g/mol. The lowest BCUT2D eigenvalue weighted by Crippen LogP contribution is -2.34. The number of carbonyl (C=O) groups excluding carboxylic acids is 3. The van der Waals surface area contributed by atoms with Crippen LogP contribution in [0, 0.1) is 15.6 Å². The number of hydrogen-bond donors (Lipinski definition) is 0. The van der Waals surface area contributed by atoms with Crippen LogP contribution in [0.4, 0.5) is 0 Å². The van der Waals surface area contributed by atoms with Crippen molar-refractivity contribution in [2.24, 2.45) is 0 Å². The highest BCUT2D eigenvalue weighted by Crippen LogP contribution is 2.38. The molecule has 9 heterocycles. The zero-order valence-electron chi connectivity index (χ0n) is 70.4. The van der Waals surface area contributed by atoms with Gasteiger partial charge in [-0.2, -0.15) is 28.2 Å². The van der Waals surface area contributed by atoms with Crippen LogP contribution in [0.1, 0.15) is 85.5 Å². The number of nitrogens with zero attached hydrogens (tertiary/aromatic N) is 19. The second kappa shape index (κ2) is 41.5. The molecule has 3 unspecified atom stereocenters. The van der Waals surface area contributed by atoms with Crippen molar-refractivity contribution in [3.8, 4) is 84.4 Å². The van der Waals surface area contributed by atoms with E-state index in [1.165, 1.54) is 60.6 Å². The van der Waals surface area contributed by atoms with Gasteiger partial charge in [-0.15, -0.1) is 25.5 Å². The Morgan fingerprint density at radius 1 is 0.351 bits per heavy atom. The highest BCUT2D eigenvalue weighted by Gasteiger charge is 2.32. The molecule has 18 rings (SSSR count). The molecule has 0 aliphatic carbocycles. The van der Waals surface area contributed by atoms with Crippen molar-refractivity contribution in [3.63, 3.8) is 0 Å². The van der Waals surface area contributed by atoms with Crippen molar-refractivity contribution in [3.05, 3.63) is 427 Å². The molecule has 9 aromatic carbocycles. The van der Waals surface area contributed by atoms with E-state index in [0.29, 0.717) is 108 Å². The molecule has 32 heteroatoms. The minimum absolute atomic E-state index is 0.164. The van der Waals surface area contributed by atoms with Crippen LogP contribution in [0.15, 0.2) is 333 Å². The fourth-order valence-corrected chi connectivity index (χ4v) is 15.7. The summed E-state index contributed by atoms with van der Waals surface area (Å²) in [5, 5.41) is 85.8.